The molecule has 5 rings (SSSR count). The highest BCUT2D eigenvalue weighted by Gasteiger charge is 2.40. The van der Waals surface area contributed by atoms with Crippen LogP contribution in [0, 0.1) is 5.92 Å². The number of ether oxygens (including phenoxy) is 1. The van der Waals surface area contributed by atoms with Gasteiger partial charge in [0.15, 0.2) is 5.65 Å². The zero-order valence-electron chi connectivity index (χ0n) is 14.5. The van der Waals surface area contributed by atoms with Gasteiger partial charge in [-0.15, -0.1) is 5.10 Å². The lowest BCUT2D eigenvalue weighted by atomic mass is 10.2. The van der Waals surface area contributed by atoms with Crippen molar-refractivity contribution in [2.24, 2.45) is 5.92 Å². The summed E-state index contributed by atoms with van der Waals surface area (Å²) in [6.45, 7) is 3.60. The van der Waals surface area contributed by atoms with Gasteiger partial charge in [0, 0.05) is 37.4 Å². The fourth-order valence-electron chi connectivity index (χ4n) is 3.83. The number of aromatic nitrogens is 4. The third-order valence-electron chi connectivity index (χ3n) is 5.32. The van der Waals surface area contributed by atoms with Crippen molar-refractivity contribution in [2.45, 2.75) is 18.9 Å². The van der Waals surface area contributed by atoms with Crippen molar-refractivity contribution >= 4 is 11.5 Å². The Labute approximate surface area is 150 Å². The number of pyridine rings is 2. The van der Waals surface area contributed by atoms with Crippen LogP contribution in [0.2, 0.25) is 0 Å². The van der Waals surface area contributed by atoms with E-state index in [-0.39, 0.29) is 5.69 Å². The average Bonchev–Trinajstić information content (AvgIpc) is 3.40. The molecule has 2 fully saturated rings. The van der Waals surface area contributed by atoms with Crippen molar-refractivity contribution in [3.8, 4) is 0 Å². The molecule has 0 radical (unpaired) electrons. The van der Waals surface area contributed by atoms with Gasteiger partial charge in [-0.3, -0.25) is 4.98 Å². The van der Waals surface area contributed by atoms with Gasteiger partial charge in [0.1, 0.15) is 5.82 Å². The van der Waals surface area contributed by atoms with Crippen LogP contribution < -0.4 is 10.6 Å². The quantitative estimate of drug-likeness (QED) is 0.713. The maximum atomic E-state index is 13.0. The van der Waals surface area contributed by atoms with Gasteiger partial charge < -0.3 is 9.64 Å². The zero-order valence-corrected chi connectivity index (χ0v) is 14.5. The second kappa shape index (κ2) is 6.25. The molecule has 0 bridgehead atoms. The van der Waals surface area contributed by atoms with Crippen molar-refractivity contribution in [1.82, 2.24) is 19.2 Å². The van der Waals surface area contributed by atoms with Gasteiger partial charge in [-0.05, 0) is 36.6 Å². The molecule has 2 aliphatic rings. The van der Waals surface area contributed by atoms with E-state index < -0.39 is 0 Å². The van der Waals surface area contributed by atoms with E-state index in [0.717, 1.165) is 31.0 Å². The van der Waals surface area contributed by atoms with Crippen molar-refractivity contribution in [3.05, 3.63) is 58.8 Å². The highest BCUT2D eigenvalue weighted by atomic mass is 16.5. The number of morpholine rings is 1. The number of hydrogen-bond donors (Lipinski definition) is 0. The summed E-state index contributed by atoms with van der Waals surface area (Å²) in [6.07, 6.45) is 2.89. The third-order valence-corrected chi connectivity index (χ3v) is 5.32. The van der Waals surface area contributed by atoms with Gasteiger partial charge in [-0.25, -0.2) is 13.9 Å². The molecule has 1 saturated heterocycles. The van der Waals surface area contributed by atoms with E-state index in [2.05, 4.69) is 21.0 Å². The topological polar surface area (TPSA) is 64.7 Å². The second-order valence-corrected chi connectivity index (χ2v) is 7.00. The van der Waals surface area contributed by atoms with Crippen LogP contribution in [0.1, 0.15) is 18.0 Å². The molecular weight excluding hydrogens is 330 g/mol. The Morgan fingerprint density at radius 3 is 2.81 bits per heavy atom. The minimum atomic E-state index is -0.0613. The fourth-order valence-corrected chi connectivity index (χ4v) is 3.83. The van der Waals surface area contributed by atoms with Crippen molar-refractivity contribution in [2.75, 3.05) is 31.2 Å². The van der Waals surface area contributed by atoms with E-state index in [9.17, 15) is 4.79 Å². The molecule has 0 N–H and O–H groups in total. The predicted molar refractivity (Wildman–Crippen MR) is 97.6 cm³/mol. The minimum absolute atomic E-state index is 0.0613. The minimum Gasteiger partial charge on any atom is -0.378 e. The van der Waals surface area contributed by atoms with Crippen LogP contribution in [0.5, 0.6) is 0 Å². The molecule has 3 aromatic heterocycles. The van der Waals surface area contributed by atoms with Crippen molar-refractivity contribution in [1.29, 1.82) is 0 Å². The molecule has 7 heteroatoms. The Kier molecular flexibility index (Phi) is 3.74. The molecule has 4 heterocycles. The number of rotatable bonds is 4. The van der Waals surface area contributed by atoms with E-state index in [4.69, 9.17) is 4.74 Å². The van der Waals surface area contributed by atoms with Gasteiger partial charge in [0.2, 0.25) is 0 Å². The first-order chi connectivity index (χ1) is 12.8. The van der Waals surface area contributed by atoms with Gasteiger partial charge in [-0.1, -0.05) is 12.1 Å². The summed E-state index contributed by atoms with van der Waals surface area (Å²) in [5, 5.41) is 4.56. The summed E-state index contributed by atoms with van der Waals surface area (Å²) < 4.78 is 8.77. The Hall–Kier alpha value is -2.67. The van der Waals surface area contributed by atoms with E-state index in [1.807, 2.05) is 36.5 Å². The molecule has 3 aromatic rings. The molecule has 1 aliphatic carbocycles. The lowest BCUT2D eigenvalue weighted by Gasteiger charge is -2.28. The van der Waals surface area contributed by atoms with Crippen LogP contribution in [0.15, 0.2) is 47.4 Å². The van der Waals surface area contributed by atoms with Gasteiger partial charge in [0.25, 0.3) is 0 Å². The summed E-state index contributed by atoms with van der Waals surface area (Å²) in [5.41, 5.74) is 1.76. The molecule has 0 unspecified atom stereocenters. The van der Waals surface area contributed by atoms with Crippen LogP contribution >= 0.6 is 0 Å². The van der Waals surface area contributed by atoms with Gasteiger partial charge >= 0.3 is 5.69 Å². The number of anilines is 1. The molecule has 0 amide bonds. The highest BCUT2D eigenvalue weighted by Crippen LogP contribution is 2.47. The van der Waals surface area contributed by atoms with E-state index in [1.165, 1.54) is 0 Å². The van der Waals surface area contributed by atoms with Gasteiger partial charge in [-0.2, -0.15) is 0 Å². The predicted octanol–water partition coefficient (Wildman–Crippen LogP) is 1.53. The zero-order chi connectivity index (χ0) is 17.5. The number of nitrogens with zero attached hydrogens (tertiary/aromatic N) is 5. The summed E-state index contributed by atoms with van der Waals surface area (Å²) in [6, 6.07) is 11.9. The van der Waals surface area contributed by atoms with Crippen molar-refractivity contribution < 1.29 is 4.74 Å². The van der Waals surface area contributed by atoms with Crippen molar-refractivity contribution in [3.63, 3.8) is 0 Å². The summed E-state index contributed by atoms with van der Waals surface area (Å²) >= 11 is 0. The average molecular weight is 351 g/mol. The molecule has 2 atom stereocenters. The molecule has 7 nitrogen and oxygen atoms in total. The largest absolute Gasteiger partial charge is 0.378 e. The standard InChI is InChI=1S/C19H21N5O2/c25-19-23(13-14-12-15(14)16-4-1-2-7-20-16)21-17-5-3-6-18(24(17)19)22-8-10-26-11-9-22/h1-7,14-15H,8-13H2/t14-,15+/m0/s1. The Bertz CT molecular complexity index is 975. The highest BCUT2D eigenvalue weighted by molar-refractivity contribution is 5.51. The van der Waals surface area contributed by atoms with Crippen LogP contribution in [0.25, 0.3) is 5.65 Å². The molecule has 134 valence electrons. The summed E-state index contributed by atoms with van der Waals surface area (Å²) in [7, 11) is 0. The van der Waals surface area contributed by atoms with Crippen LogP contribution in [0.4, 0.5) is 5.82 Å². The second-order valence-electron chi connectivity index (χ2n) is 7.00. The lowest BCUT2D eigenvalue weighted by molar-refractivity contribution is 0.122. The SMILES string of the molecule is O=c1n(C[C@@H]2C[C@H]2c2ccccn2)nc2cccc(N3CCOCC3)n12. The monoisotopic (exact) mass is 351 g/mol. The maximum Gasteiger partial charge on any atom is 0.352 e. The molecule has 0 aromatic carbocycles. The summed E-state index contributed by atoms with van der Waals surface area (Å²) in [4.78, 5) is 19.6. The first-order valence-corrected chi connectivity index (χ1v) is 9.13. The molecule has 26 heavy (non-hydrogen) atoms. The molecular formula is C19H21N5O2. The van der Waals surface area contributed by atoms with E-state index >= 15 is 0 Å². The third kappa shape index (κ3) is 2.68. The molecule has 1 aliphatic heterocycles. The first kappa shape index (κ1) is 15.6. The Morgan fingerprint density at radius 1 is 1.12 bits per heavy atom. The van der Waals surface area contributed by atoms with Crippen LogP contribution in [0.3, 0.4) is 0 Å². The van der Waals surface area contributed by atoms with Crippen LogP contribution in [-0.2, 0) is 11.3 Å². The van der Waals surface area contributed by atoms with E-state index in [1.54, 1.807) is 9.08 Å². The number of fused-ring (bicyclic) bond motifs is 1. The normalized spacial score (nSPS) is 22.7. The Balaban J connectivity index is 1.43. The number of hydrogen-bond acceptors (Lipinski definition) is 5. The summed E-state index contributed by atoms with van der Waals surface area (Å²) in [5.74, 6) is 1.77. The van der Waals surface area contributed by atoms with Crippen LogP contribution in [-0.4, -0.2) is 45.5 Å². The van der Waals surface area contributed by atoms with Gasteiger partial charge in [0.05, 0.1) is 13.2 Å². The first-order valence-electron chi connectivity index (χ1n) is 9.13. The smallest absolute Gasteiger partial charge is 0.352 e. The molecule has 1 saturated carbocycles. The Morgan fingerprint density at radius 2 is 2.00 bits per heavy atom. The fraction of sp³-hybridized carbons (Fsp3) is 0.421. The lowest BCUT2D eigenvalue weighted by Crippen LogP contribution is -2.38. The maximum absolute atomic E-state index is 13.0. The van der Waals surface area contributed by atoms with E-state index in [0.29, 0.717) is 37.2 Å². The molecule has 0 spiro atoms.